The van der Waals surface area contributed by atoms with Crippen LogP contribution in [0.15, 0.2) is 179 Å². The highest BCUT2D eigenvalue weighted by atomic mass is 16.5. The minimum atomic E-state index is -0.214. The van der Waals surface area contributed by atoms with Crippen molar-refractivity contribution in [3.63, 3.8) is 0 Å². The zero-order chi connectivity index (χ0) is 75.9. The van der Waals surface area contributed by atoms with Gasteiger partial charge in [0, 0.05) is 111 Å². The maximum absolute atomic E-state index is 13.5. The smallest absolute Gasteiger partial charge is 0.278 e. The molecule has 0 atom stereocenters. The van der Waals surface area contributed by atoms with Crippen molar-refractivity contribution in [2.75, 3.05) is 99.4 Å². The molecule has 16 heterocycles. The zero-order valence-corrected chi connectivity index (χ0v) is 62.5. The first kappa shape index (κ1) is 71.3. The molecule has 0 spiro atoms. The number of carbonyl (C=O) groups is 1. The summed E-state index contributed by atoms with van der Waals surface area (Å²) in [5, 5.41) is 11.2. The van der Waals surface area contributed by atoms with Crippen molar-refractivity contribution in [2.45, 2.75) is 97.2 Å². The maximum Gasteiger partial charge on any atom is 0.278 e. The first-order valence-corrected chi connectivity index (χ1v) is 37.7. The van der Waals surface area contributed by atoms with Crippen LogP contribution in [0.5, 0.6) is 17.5 Å². The number of nitrogens with zero attached hydrogens (tertiary/aromatic N) is 20. The number of rotatable bonds is 7. The third kappa shape index (κ3) is 14.5. The number of piperazine rings is 1. The topological polar surface area (TPSA) is 294 Å². The molecule has 0 radical (unpaired) electrons. The second-order valence-corrected chi connectivity index (χ2v) is 29.1. The number of aromatic nitrogens is 15. The molecule has 0 unspecified atom stereocenters. The molecule has 111 heavy (non-hydrogen) atoms. The number of likely N-dealkylation sites (N-methyl/N-ethyl adjacent to an activating group) is 1. The van der Waals surface area contributed by atoms with E-state index in [1.54, 1.807) is 63.7 Å². The van der Waals surface area contributed by atoms with E-state index < -0.39 is 0 Å². The number of hydrogen-bond donors (Lipinski definition) is 3. The van der Waals surface area contributed by atoms with Crippen molar-refractivity contribution < 1.29 is 19.0 Å². The van der Waals surface area contributed by atoms with E-state index in [1.165, 1.54) is 27.9 Å². The maximum atomic E-state index is 13.5. The molecule has 1 amide bonds. The number of nitrogens with one attached hydrogen (secondary N) is 3. The number of allylic oxidation sites excluding steroid dienone is 6. The van der Waals surface area contributed by atoms with Crippen LogP contribution in [0.4, 0.5) is 46.4 Å². The molecule has 1 fully saturated rings. The highest BCUT2D eigenvalue weighted by molar-refractivity contribution is 5.97. The number of amides is 1. The van der Waals surface area contributed by atoms with Gasteiger partial charge in [-0.1, -0.05) is 60.7 Å². The Morgan fingerprint density at radius 2 is 0.937 bits per heavy atom. The van der Waals surface area contributed by atoms with E-state index in [9.17, 15) is 19.2 Å². The number of hydrogen-bond acceptors (Lipinski definition) is 23. The van der Waals surface area contributed by atoms with Gasteiger partial charge in [-0.2, -0.15) is 24.9 Å². The van der Waals surface area contributed by atoms with Gasteiger partial charge in [-0.25, -0.2) is 48.0 Å². The molecule has 19 rings (SSSR count). The van der Waals surface area contributed by atoms with Crippen LogP contribution in [0.3, 0.4) is 0 Å². The fraction of sp³-hybridized carbons (Fsp3) is 0.321. The molecule has 12 aromatic rings. The number of ether oxygens (including phenoxy) is 3. The van der Waals surface area contributed by atoms with Gasteiger partial charge in [0.25, 0.3) is 22.6 Å². The van der Waals surface area contributed by atoms with Crippen molar-refractivity contribution >= 4 is 85.4 Å². The number of fused-ring (bicyclic) bond motifs is 19. The van der Waals surface area contributed by atoms with Crippen LogP contribution in [0, 0.1) is 0 Å². The largest absolute Gasteiger partial charge is 0.480 e. The molecule has 30 heteroatoms. The van der Waals surface area contributed by atoms with E-state index in [2.05, 4.69) is 150 Å². The lowest BCUT2D eigenvalue weighted by Crippen LogP contribution is -2.44. The van der Waals surface area contributed by atoms with Gasteiger partial charge in [0.1, 0.15) is 16.2 Å². The highest BCUT2D eigenvalue weighted by Gasteiger charge is 2.35. The summed E-state index contributed by atoms with van der Waals surface area (Å²) >= 11 is 0. The number of benzene rings is 3. The Balaban J connectivity index is 0.000000122. The lowest BCUT2D eigenvalue weighted by atomic mass is 9.94. The highest BCUT2D eigenvalue weighted by Crippen LogP contribution is 2.40. The van der Waals surface area contributed by atoms with Gasteiger partial charge in [-0.05, 0) is 169 Å². The number of anilines is 8. The van der Waals surface area contributed by atoms with E-state index in [4.69, 9.17) is 34.1 Å². The van der Waals surface area contributed by atoms with Gasteiger partial charge in [0.2, 0.25) is 29.6 Å². The molecule has 0 saturated carbocycles. The second-order valence-electron chi connectivity index (χ2n) is 29.1. The van der Waals surface area contributed by atoms with Gasteiger partial charge >= 0.3 is 0 Å². The summed E-state index contributed by atoms with van der Waals surface area (Å²) in [6.45, 7) is 14.2. The summed E-state index contributed by atoms with van der Waals surface area (Å²) in [6.07, 6.45) is 21.9. The summed E-state index contributed by atoms with van der Waals surface area (Å²) in [7, 11) is 6.40. The Labute approximate surface area is 638 Å². The molecule has 566 valence electrons. The van der Waals surface area contributed by atoms with Crippen LogP contribution in [-0.2, 0) is 49.6 Å². The van der Waals surface area contributed by atoms with Crippen molar-refractivity contribution in [3.05, 3.63) is 218 Å². The molecular formula is C81H85N23O7. The predicted molar refractivity (Wildman–Crippen MR) is 425 cm³/mol. The Bertz CT molecular complexity index is 5840. The molecular weight excluding hydrogens is 1410 g/mol. The normalized spacial score (nSPS) is 16.9. The van der Waals surface area contributed by atoms with Crippen molar-refractivity contribution in [2.24, 2.45) is 0 Å². The van der Waals surface area contributed by atoms with E-state index >= 15 is 0 Å². The Morgan fingerprint density at radius 3 is 1.50 bits per heavy atom. The van der Waals surface area contributed by atoms with Crippen LogP contribution in [-0.4, -0.2) is 167 Å². The average molecular weight is 1490 g/mol. The monoisotopic (exact) mass is 1490 g/mol. The van der Waals surface area contributed by atoms with E-state index in [1.807, 2.05) is 78.9 Å². The minimum absolute atomic E-state index is 0.00241. The predicted octanol–water partition coefficient (Wildman–Crippen LogP) is 10.1. The van der Waals surface area contributed by atoms with Gasteiger partial charge in [-0.15, -0.1) is 0 Å². The first-order valence-electron chi connectivity index (χ1n) is 37.7. The van der Waals surface area contributed by atoms with Crippen LogP contribution in [0.1, 0.15) is 74.6 Å². The van der Waals surface area contributed by atoms with Crippen LogP contribution in [0.25, 0.3) is 50.6 Å². The molecule has 7 aliphatic rings. The zero-order valence-electron chi connectivity index (χ0n) is 62.5. The second kappa shape index (κ2) is 30.4. The number of carbonyl (C=O) groups excluding carboxylic acids is 1. The molecule has 0 aliphatic carbocycles. The molecule has 3 aromatic carbocycles. The van der Waals surface area contributed by atoms with Gasteiger partial charge in [-0.3, -0.25) is 33.9 Å². The third-order valence-electron chi connectivity index (χ3n) is 21.2. The average Bonchev–Trinajstić information content (AvgIpc) is 1.63. The van der Waals surface area contributed by atoms with Gasteiger partial charge in [0.15, 0.2) is 52.6 Å². The molecule has 30 nitrogen and oxygen atoms in total. The SMILES string of the molecule is CN1CCN(c2ccc(Nc3ncc4c(=O)n5n(c4n3)-c3ccc4c(n3)N(CCCC=CC5)C(=O)CO4)cc2)CC1.CN1Cc2cc(Nc3ncc4c(=O)n5n(c4n3)-c3cccc(n3)OCCCC=CC5)ccc2C1(C)C.CN1Cc2ccc(Nc3ncc4c(=O)n5n(c4n3)-c3cccc(n3)OCCCC=CC5)cc2C1. The summed E-state index contributed by atoms with van der Waals surface area (Å²) in [4.78, 5) is 105. The van der Waals surface area contributed by atoms with E-state index in [-0.39, 0.29) is 34.7 Å². The minimum Gasteiger partial charge on any atom is -0.480 e. The lowest BCUT2D eigenvalue weighted by molar-refractivity contribution is -0.121. The van der Waals surface area contributed by atoms with E-state index in [0.29, 0.717) is 131 Å². The standard InChI is InChI=1S/C29H31N9O3.C27H29N7O2.C25H25N7O2/c1-34-14-16-35(17-15-34)21-8-6-20(7-9-21)31-29-30-18-22-26(33-29)38-24-11-10-23-27(32-24)36(25(39)19-41-23)12-4-2-3-5-13-37(38)28(22)40;1-27(2)21-12-11-19(15-18(21)17-32(27)3)29-26-28-16-20-24(31-26)34-22-9-8-10-23(30-22)36-14-7-5-4-6-13-33(34)25(20)35;1-30-15-17-9-10-19(13-18(17)16-30)27-25-26-14-20-23(29-25)32-21-7-6-8-22(28-21)34-12-5-3-2-4-11-31(32)24(20)33/h3,5-11,18H,2,4,12-17,19H2,1H3,(H,30,31,33);4,6,8-12,15-16H,5,7,13-14,17H2,1-3H3,(H,28,29,31);2,4,6-10,13-14H,3,5,11-12,15-16H2,1H3,(H,26,27,29). The van der Waals surface area contributed by atoms with Crippen molar-refractivity contribution in [3.8, 4) is 35.0 Å². The summed E-state index contributed by atoms with van der Waals surface area (Å²) in [5.41, 5.74) is 9.99. The lowest BCUT2D eigenvalue weighted by Gasteiger charge is -2.34. The molecule has 9 aromatic heterocycles. The van der Waals surface area contributed by atoms with Crippen molar-refractivity contribution in [1.82, 2.24) is 87.6 Å². The number of pyridine rings is 3. The van der Waals surface area contributed by atoms with Crippen molar-refractivity contribution in [1.29, 1.82) is 0 Å². The Kier molecular flexibility index (Phi) is 19.5. The van der Waals surface area contributed by atoms with Crippen LogP contribution in [0.2, 0.25) is 0 Å². The summed E-state index contributed by atoms with van der Waals surface area (Å²) in [5.74, 6) is 4.74. The quantitative estimate of drug-likeness (QED) is 0.125. The molecule has 3 N–H and O–H groups in total. The van der Waals surface area contributed by atoms with Gasteiger partial charge < -0.3 is 40.0 Å². The third-order valence-corrected chi connectivity index (χ3v) is 21.2. The Morgan fingerprint density at radius 1 is 0.441 bits per heavy atom. The van der Waals surface area contributed by atoms with Crippen LogP contribution >= 0.6 is 0 Å². The summed E-state index contributed by atoms with van der Waals surface area (Å²) in [6, 6.07) is 35.6. The fourth-order valence-corrected chi connectivity index (χ4v) is 15.0. The summed E-state index contributed by atoms with van der Waals surface area (Å²) < 4.78 is 27.4. The van der Waals surface area contributed by atoms with Gasteiger partial charge in [0.05, 0.1) is 32.8 Å². The Hall–Kier alpha value is -12.7. The first-order chi connectivity index (χ1) is 54.1. The molecule has 1 saturated heterocycles. The molecule has 7 aliphatic heterocycles. The molecule has 6 bridgehead atoms. The fourth-order valence-electron chi connectivity index (χ4n) is 15.0. The van der Waals surface area contributed by atoms with Crippen LogP contribution < -0.4 is 56.6 Å². The van der Waals surface area contributed by atoms with E-state index in [0.717, 1.165) is 101 Å².